The van der Waals surface area contributed by atoms with Gasteiger partial charge in [0.15, 0.2) is 0 Å². The minimum absolute atomic E-state index is 0.373. The number of rotatable bonds is 8. The van der Waals surface area contributed by atoms with Gasteiger partial charge in [0, 0.05) is 25.3 Å². The zero-order chi connectivity index (χ0) is 15.1. The summed E-state index contributed by atoms with van der Waals surface area (Å²) in [5, 5.41) is 4.13. The molecule has 112 valence electrons. The molecule has 0 amide bonds. The van der Waals surface area contributed by atoms with Crippen LogP contribution in [-0.4, -0.2) is 24.1 Å². The molecule has 0 saturated heterocycles. The van der Waals surface area contributed by atoms with Crippen molar-refractivity contribution in [2.24, 2.45) is 5.92 Å². The molecule has 1 N–H and O–H groups in total. The van der Waals surface area contributed by atoms with Gasteiger partial charge in [0.25, 0.3) is 0 Å². The Balaban J connectivity index is 2.85. The summed E-state index contributed by atoms with van der Waals surface area (Å²) in [6.45, 7) is 15.0. The molecule has 4 heteroatoms. The summed E-state index contributed by atoms with van der Waals surface area (Å²) < 4.78 is 0. The fourth-order valence-corrected chi connectivity index (χ4v) is 2.13. The van der Waals surface area contributed by atoms with E-state index in [0.29, 0.717) is 17.0 Å². The van der Waals surface area contributed by atoms with Gasteiger partial charge in [-0.1, -0.05) is 31.5 Å². The molecular weight excluding hydrogens is 270 g/mol. The highest BCUT2D eigenvalue weighted by Crippen LogP contribution is 2.22. The molecule has 1 rings (SSSR count). The van der Waals surface area contributed by atoms with Gasteiger partial charge in [-0.2, -0.15) is 0 Å². The van der Waals surface area contributed by atoms with Crippen LogP contribution in [0.5, 0.6) is 0 Å². The summed E-state index contributed by atoms with van der Waals surface area (Å²) in [4.78, 5) is 6.64. The van der Waals surface area contributed by atoms with Crippen LogP contribution < -0.4 is 10.2 Å². The Hall–Kier alpha value is -1.06. The summed E-state index contributed by atoms with van der Waals surface area (Å²) in [6, 6.07) is 2.44. The maximum absolute atomic E-state index is 6.23. The molecular formula is C16H26ClN3. The van der Waals surface area contributed by atoms with E-state index in [0.717, 1.165) is 31.0 Å². The molecule has 0 aliphatic rings. The zero-order valence-corrected chi connectivity index (χ0v) is 13.7. The Morgan fingerprint density at radius 3 is 2.65 bits per heavy atom. The summed E-state index contributed by atoms with van der Waals surface area (Å²) in [5.41, 5.74) is 1.09. The van der Waals surface area contributed by atoms with E-state index in [9.17, 15) is 0 Å². The Morgan fingerprint density at radius 1 is 1.40 bits per heavy atom. The fraction of sp³-hybridized carbons (Fsp3) is 0.562. The third-order valence-electron chi connectivity index (χ3n) is 3.03. The van der Waals surface area contributed by atoms with Crippen LogP contribution in [0.25, 0.3) is 0 Å². The molecule has 0 aromatic carbocycles. The molecule has 0 aliphatic carbocycles. The average molecular weight is 296 g/mol. The van der Waals surface area contributed by atoms with Gasteiger partial charge in [0.2, 0.25) is 0 Å². The van der Waals surface area contributed by atoms with Crippen molar-refractivity contribution < 1.29 is 0 Å². The van der Waals surface area contributed by atoms with Crippen molar-refractivity contribution in [2.75, 3.05) is 18.0 Å². The van der Waals surface area contributed by atoms with Crippen molar-refractivity contribution >= 4 is 17.4 Å². The number of pyridine rings is 1. The lowest BCUT2D eigenvalue weighted by Crippen LogP contribution is -2.31. The summed E-state index contributed by atoms with van der Waals surface area (Å²) in [5.74, 6) is 1.58. The molecule has 3 nitrogen and oxygen atoms in total. The smallest absolute Gasteiger partial charge is 0.129 e. The predicted octanol–water partition coefficient (Wildman–Crippen LogP) is 3.88. The third kappa shape index (κ3) is 5.14. The van der Waals surface area contributed by atoms with Crippen LogP contribution in [0, 0.1) is 5.92 Å². The largest absolute Gasteiger partial charge is 0.350 e. The van der Waals surface area contributed by atoms with E-state index < -0.39 is 0 Å². The van der Waals surface area contributed by atoms with Crippen molar-refractivity contribution in [3.8, 4) is 0 Å². The van der Waals surface area contributed by atoms with Crippen molar-refractivity contribution in [1.82, 2.24) is 10.3 Å². The van der Waals surface area contributed by atoms with E-state index in [1.165, 1.54) is 0 Å². The van der Waals surface area contributed by atoms with Crippen LogP contribution in [0.2, 0.25) is 5.02 Å². The van der Waals surface area contributed by atoms with Crippen LogP contribution in [0.15, 0.2) is 24.9 Å². The lowest BCUT2D eigenvalue weighted by atomic mass is 10.2. The molecule has 0 spiro atoms. The highest BCUT2D eigenvalue weighted by Gasteiger charge is 2.12. The Morgan fingerprint density at radius 2 is 2.10 bits per heavy atom. The summed E-state index contributed by atoms with van der Waals surface area (Å²) >= 11 is 6.23. The lowest BCUT2D eigenvalue weighted by Gasteiger charge is -2.27. The van der Waals surface area contributed by atoms with E-state index in [1.807, 2.05) is 6.08 Å². The number of anilines is 1. The minimum Gasteiger partial charge on any atom is -0.350 e. The normalized spacial score (nSPS) is 11.2. The van der Waals surface area contributed by atoms with Gasteiger partial charge >= 0.3 is 0 Å². The van der Waals surface area contributed by atoms with E-state index in [2.05, 4.69) is 55.5 Å². The van der Waals surface area contributed by atoms with Crippen molar-refractivity contribution in [2.45, 2.75) is 40.3 Å². The van der Waals surface area contributed by atoms with Crippen LogP contribution in [0.1, 0.15) is 33.3 Å². The molecule has 0 radical (unpaired) electrons. The molecule has 0 saturated carbocycles. The third-order valence-corrected chi connectivity index (χ3v) is 3.37. The lowest BCUT2D eigenvalue weighted by molar-refractivity contribution is 0.552. The number of hydrogen-bond donors (Lipinski definition) is 1. The fourth-order valence-electron chi connectivity index (χ4n) is 1.96. The first-order valence-corrected chi connectivity index (χ1v) is 7.56. The van der Waals surface area contributed by atoms with Gasteiger partial charge in [-0.25, -0.2) is 4.98 Å². The molecule has 1 aromatic rings. The maximum Gasteiger partial charge on any atom is 0.129 e. The highest BCUT2D eigenvalue weighted by molar-refractivity contribution is 6.31. The topological polar surface area (TPSA) is 28.2 Å². The molecule has 0 fully saturated rings. The Labute approximate surface area is 128 Å². The van der Waals surface area contributed by atoms with E-state index in [4.69, 9.17) is 11.6 Å². The van der Waals surface area contributed by atoms with Gasteiger partial charge in [-0.3, -0.25) is 0 Å². The number of aromatic nitrogens is 1. The van der Waals surface area contributed by atoms with Gasteiger partial charge in [0.1, 0.15) is 5.82 Å². The maximum atomic E-state index is 6.23. The average Bonchev–Trinajstić information content (AvgIpc) is 2.37. The standard InChI is InChI=1S/C16H26ClN3/c1-6-7-20(13(4)5)16-8-14(15(17)11-19-16)10-18-9-12(2)3/h6,8,11-13,18H,1,7,9-10H2,2-5H3. The van der Waals surface area contributed by atoms with Gasteiger partial charge in [-0.15, -0.1) is 6.58 Å². The minimum atomic E-state index is 0.373. The Kier molecular flexibility index (Phi) is 7.03. The number of nitrogens with one attached hydrogen (secondary N) is 1. The van der Waals surface area contributed by atoms with Gasteiger partial charge in [0.05, 0.1) is 5.02 Å². The predicted molar refractivity (Wildman–Crippen MR) is 88.5 cm³/mol. The summed E-state index contributed by atoms with van der Waals surface area (Å²) in [7, 11) is 0. The highest BCUT2D eigenvalue weighted by atomic mass is 35.5. The van der Waals surface area contributed by atoms with Gasteiger partial charge < -0.3 is 10.2 Å². The quantitative estimate of drug-likeness (QED) is 0.738. The molecule has 0 aliphatic heterocycles. The van der Waals surface area contributed by atoms with Crippen molar-refractivity contribution in [3.05, 3.63) is 35.5 Å². The first-order chi connectivity index (χ1) is 9.45. The molecule has 1 aromatic heterocycles. The SMILES string of the molecule is C=CCN(c1cc(CNCC(C)C)c(Cl)cn1)C(C)C. The first-order valence-electron chi connectivity index (χ1n) is 7.18. The molecule has 0 bridgehead atoms. The van der Waals surface area contributed by atoms with Crippen molar-refractivity contribution in [3.63, 3.8) is 0 Å². The van der Waals surface area contributed by atoms with Crippen molar-refractivity contribution in [1.29, 1.82) is 0 Å². The molecule has 20 heavy (non-hydrogen) atoms. The van der Waals surface area contributed by atoms with E-state index >= 15 is 0 Å². The second kappa shape index (κ2) is 8.28. The van der Waals surface area contributed by atoms with Crippen LogP contribution in [0.3, 0.4) is 0 Å². The van der Waals surface area contributed by atoms with E-state index in [-0.39, 0.29) is 0 Å². The van der Waals surface area contributed by atoms with E-state index in [1.54, 1.807) is 6.20 Å². The molecule has 0 atom stereocenters. The molecule has 1 heterocycles. The second-order valence-corrected chi connectivity index (χ2v) is 6.10. The number of hydrogen-bond acceptors (Lipinski definition) is 3. The molecule has 0 unspecified atom stereocenters. The van der Waals surface area contributed by atoms with Gasteiger partial charge in [-0.05, 0) is 37.9 Å². The van der Waals surface area contributed by atoms with Crippen LogP contribution in [-0.2, 0) is 6.54 Å². The van der Waals surface area contributed by atoms with Crippen LogP contribution >= 0.6 is 11.6 Å². The summed E-state index contributed by atoms with van der Waals surface area (Å²) in [6.07, 6.45) is 3.63. The second-order valence-electron chi connectivity index (χ2n) is 5.69. The number of halogens is 1. The zero-order valence-electron chi connectivity index (χ0n) is 13.0. The monoisotopic (exact) mass is 295 g/mol. The number of nitrogens with zero attached hydrogens (tertiary/aromatic N) is 2. The van der Waals surface area contributed by atoms with Crippen LogP contribution in [0.4, 0.5) is 5.82 Å². The Bertz CT molecular complexity index is 430. The first kappa shape index (κ1) is 17.0.